The molecule has 1 aliphatic rings. The molecular formula is C16H22F3N3O5. The van der Waals surface area contributed by atoms with Gasteiger partial charge >= 0.3 is 18.1 Å². The van der Waals surface area contributed by atoms with Gasteiger partial charge in [-0.15, -0.1) is 0 Å². The molecule has 1 aromatic rings. The summed E-state index contributed by atoms with van der Waals surface area (Å²) in [6, 6.07) is -0.801. The standard InChI is InChI=1S/C14H21N3O3.C2HF3O2/c1-3-17(10(2)14(19)20)13(18)8-11-9-16-7-5-4-6-12(16)15-11;3-2(4,5)1(6)7/h9-10H,3-8H2,1-2H3,(H,19,20);(H,6,7). The largest absolute Gasteiger partial charge is 0.490 e. The Balaban J connectivity index is 0.000000445. The number of carbonyl (C=O) groups is 3. The van der Waals surface area contributed by atoms with E-state index in [4.69, 9.17) is 15.0 Å². The SMILES string of the molecule is CCN(C(=O)Cc1cn2c(n1)CCCC2)C(C)C(=O)O.O=C(O)C(F)(F)F. The van der Waals surface area contributed by atoms with Crippen molar-refractivity contribution in [3.8, 4) is 0 Å². The van der Waals surface area contributed by atoms with Gasteiger partial charge in [-0.05, 0) is 26.7 Å². The highest BCUT2D eigenvalue weighted by Gasteiger charge is 2.38. The minimum absolute atomic E-state index is 0.172. The first-order valence-electron chi connectivity index (χ1n) is 8.34. The Hall–Kier alpha value is -2.59. The predicted octanol–water partition coefficient (Wildman–Crippen LogP) is 1.72. The maximum Gasteiger partial charge on any atom is 0.490 e. The fourth-order valence-electron chi connectivity index (χ4n) is 2.61. The summed E-state index contributed by atoms with van der Waals surface area (Å²) in [5.41, 5.74) is 0.739. The number of carboxylic acids is 2. The number of hydrogen-bond donors (Lipinski definition) is 2. The molecule has 0 aromatic carbocycles. The van der Waals surface area contributed by atoms with Crippen LogP contribution in [-0.2, 0) is 33.8 Å². The van der Waals surface area contributed by atoms with Crippen molar-refractivity contribution in [2.75, 3.05) is 6.54 Å². The number of carbonyl (C=O) groups excluding carboxylic acids is 1. The van der Waals surface area contributed by atoms with Crippen LogP contribution in [0.5, 0.6) is 0 Å². The lowest BCUT2D eigenvalue weighted by Gasteiger charge is -2.24. The van der Waals surface area contributed by atoms with E-state index in [1.165, 1.54) is 11.8 Å². The summed E-state index contributed by atoms with van der Waals surface area (Å²) >= 11 is 0. The van der Waals surface area contributed by atoms with Gasteiger partial charge in [0, 0.05) is 25.7 Å². The Labute approximate surface area is 153 Å². The van der Waals surface area contributed by atoms with Gasteiger partial charge in [-0.1, -0.05) is 0 Å². The quantitative estimate of drug-likeness (QED) is 0.788. The Morgan fingerprint density at radius 3 is 2.33 bits per heavy atom. The van der Waals surface area contributed by atoms with Crippen molar-refractivity contribution in [1.82, 2.24) is 14.5 Å². The summed E-state index contributed by atoms with van der Waals surface area (Å²) < 4.78 is 33.8. The van der Waals surface area contributed by atoms with Crippen LogP contribution in [0.15, 0.2) is 6.20 Å². The van der Waals surface area contributed by atoms with E-state index in [0.717, 1.165) is 37.3 Å². The molecule has 8 nitrogen and oxygen atoms in total. The summed E-state index contributed by atoms with van der Waals surface area (Å²) in [6.45, 7) is 4.66. The number of rotatable bonds is 5. The molecule has 0 saturated heterocycles. The number of imidazole rings is 1. The van der Waals surface area contributed by atoms with E-state index in [2.05, 4.69) is 9.55 Å². The number of aryl methyl sites for hydroxylation is 2. The van der Waals surface area contributed by atoms with Crippen LogP contribution in [0.25, 0.3) is 0 Å². The van der Waals surface area contributed by atoms with Crippen molar-refractivity contribution in [2.45, 2.75) is 58.3 Å². The number of amides is 1. The van der Waals surface area contributed by atoms with E-state index in [1.54, 1.807) is 6.92 Å². The van der Waals surface area contributed by atoms with Gasteiger partial charge in [0.25, 0.3) is 0 Å². The molecule has 1 aromatic heterocycles. The highest BCUT2D eigenvalue weighted by Crippen LogP contribution is 2.16. The summed E-state index contributed by atoms with van der Waals surface area (Å²) in [5, 5.41) is 16.1. The minimum Gasteiger partial charge on any atom is -0.480 e. The van der Waals surface area contributed by atoms with E-state index < -0.39 is 24.2 Å². The molecule has 0 radical (unpaired) electrons. The number of halogens is 3. The minimum atomic E-state index is -5.08. The molecule has 27 heavy (non-hydrogen) atoms. The third-order valence-corrected chi connectivity index (χ3v) is 4.02. The van der Waals surface area contributed by atoms with Crippen LogP contribution < -0.4 is 0 Å². The molecule has 1 atom stereocenters. The molecular weight excluding hydrogens is 371 g/mol. The van der Waals surface area contributed by atoms with E-state index in [1.807, 2.05) is 6.20 Å². The second kappa shape index (κ2) is 9.38. The topological polar surface area (TPSA) is 113 Å². The van der Waals surface area contributed by atoms with Crippen molar-refractivity contribution in [1.29, 1.82) is 0 Å². The van der Waals surface area contributed by atoms with Gasteiger partial charge in [0.05, 0.1) is 12.1 Å². The smallest absolute Gasteiger partial charge is 0.480 e. The van der Waals surface area contributed by atoms with Crippen LogP contribution in [0.1, 0.15) is 38.2 Å². The van der Waals surface area contributed by atoms with Crippen LogP contribution in [0.2, 0.25) is 0 Å². The van der Waals surface area contributed by atoms with Gasteiger partial charge in [0.15, 0.2) is 0 Å². The number of hydrogen-bond acceptors (Lipinski definition) is 4. The molecule has 0 aliphatic carbocycles. The van der Waals surface area contributed by atoms with Crippen LogP contribution in [-0.4, -0.2) is 61.3 Å². The first kappa shape index (κ1) is 22.5. The van der Waals surface area contributed by atoms with Crippen LogP contribution in [0, 0.1) is 0 Å². The third kappa shape index (κ3) is 6.57. The molecule has 152 valence electrons. The van der Waals surface area contributed by atoms with Gasteiger partial charge in [0.2, 0.25) is 5.91 Å². The van der Waals surface area contributed by atoms with Gasteiger partial charge < -0.3 is 19.7 Å². The second-order valence-corrected chi connectivity index (χ2v) is 5.97. The Bertz CT molecular complexity index is 664. The summed E-state index contributed by atoms with van der Waals surface area (Å²) in [4.78, 5) is 38.0. The van der Waals surface area contributed by atoms with Crippen molar-refractivity contribution in [3.63, 3.8) is 0 Å². The van der Waals surface area contributed by atoms with Crippen LogP contribution in [0.4, 0.5) is 13.2 Å². The second-order valence-electron chi connectivity index (χ2n) is 5.97. The van der Waals surface area contributed by atoms with E-state index in [9.17, 15) is 22.8 Å². The summed E-state index contributed by atoms with van der Waals surface area (Å²) in [7, 11) is 0. The Morgan fingerprint density at radius 2 is 1.89 bits per heavy atom. The number of fused-ring (bicyclic) bond motifs is 1. The molecule has 2 rings (SSSR count). The lowest BCUT2D eigenvalue weighted by Crippen LogP contribution is -2.43. The maximum atomic E-state index is 12.2. The van der Waals surface area contributed by atoms with Crippen molar-refractivity contribution < 1.29 is 37.8 Å². The number of nitrogens with zero attached hydrogens (tertiary/aromatic N) is 3. The fraction of sp³-hybridized carbons (Fsp3) is 0.625. The highest BCUT2D eigenvalue weighted by atomic mass is 19.4. The summed E-state index contributed by atoms with van der Waals surface area (Å²) in [5.74, 6) is -2.89. The lowest BCUT2D eigenvalue weighted by atomic mass is 10.2. The molecule has 1 aliphatic heterocycles. The Kier molecular flexibility index (Phi) is 7.80. The number of likely N-dealkylation sites (N-methyl/N-ethyl adjacent to an activating group) is 1. The van der Waals surface area contributed by atoms with E-state index >= 15 is 0 Å². The van der Waals surface area contributed by atoms with Crippen LogP contribution >= 0.6 is 0 Å². The zero-order chi connectivity index (χ0) is 20.8. The van der Waals surface area contributed by atoms with Crippen molar-refractivity contribution >= 4 is 17.8 Å². The zero-order valence-electron chi connectivity index (χ0n) is 15.0. The van der Waals surface area contributed by atoms with Crippen molar-refractivity contribution in [3.05, 3.63) is 17.7 Å². The molecule has 1 unspecified atom stereocenters. The van der Waals surface area contributed by atoms with Gasteiger partial charge in [-0.25, -0.2) is 14.6 Å². The lowest BCUT2D eigenvalue weighted by molar-refractivity contribution is -0.192. The number of aliphatic carboxylic acids is 2. The monoisotopic (exact) mass is 393 g/mol. The molecule has 2 N–H and O–H groups in total. The molecule has 0 saturated carbocycles. The Morgan fingerprint density at radius 1 is 1.30 bits per heavy atom. The number of aromatic nitrogens is 2. The first-order valence-corrected chi connectivity index (χ1v) is 8.34. The number of alkyl halides is 3. The first-order chi connectivity index (χ1) is 12.5. The summed E-state index contributed by atoms with van der Waals surface area (Å²) in [6.07, 6.45) is 0.254. The molecule has 0 fully saturated rings. The third-order valence-electron chi connectivity index (χ3n) is 4.02. The number of carboxylic acid groups (broad SMARTS) is 2. The van der Waals surface area contributed by atoms with Gasteiger partial charge in [-0.3, -0.25) is 4.79 Å². The van der Waals surface area contributed by atoms with Crippen molar-refractivity contribution in [2.24, 2.45) is 0 Å². The van der Waals surface area contributed by atoms with E-state index in [0.29, 0.717) is 6.54 Å². The molecule has 11 heteroatoms. The predicted molar refractivity (Wildman–Crippen MR) is 87.0 cm³/mol. The average Bonchev–Trinajstić information content (AvgIpc) is 2.97. The maximum absolute atomic E-state index is 12.2. The van der Waals surface area contributed by atoms with E-state index in [-0.39, 0.29) is 12.3 Å². The van der Waals surface area contributed by atoms with Gasteiger partial charge in [0.1, 0.15) is 11.9 Å². The molecule has 0 spiro atoms. The average molecular weight is 393 g/mol. The zero-order valence-corrected chi connectivity index (χ0v) is 15.0. The highest BCUT2D eigenvalue weighted by molar-refractivity contribution is 5.84. The van der Waals surface area contributed by atoms with Crippen LogP contribution in [0.3, 0.4) is 0 Å². The van der Waals surface area contributed by atoms with Gasteiger partial charge in [-0.2, -0.15) is 13.2 Å². The molecule has 1 amide bonds. The molecule has 0 bridgehead atoms. The normalized spacial score (nSPS) is 14.4. The molecule has 2 heterocycles. The fourth-order valence-corrected chi connectivity index (χ4v) is 2.61.